The molecule has 0 saturated heterocycles. The van der Waals surface area contributed by atoms with Gasteiger partial charge in [0, 0.05) is 12.1 Å². The summed E-state index contributed by atoms with van der Waals surface area (Å²) in [6, 6.07) is 14.7. The topological polar surface area (TPSA) is 108 Å². The third kappa shape index (κ3) is 6.04. The van der Waals surface area contributed by atoms with Gasteiger partial charge < -0.3 is 14.8 Å². The monoisotopic (exact) mass is 412 g/mol. The Bertz CT molecular complexity index is 876. The number of nitro benzene ring substituents is 1. The Morgan fingerprint density at radius 1 is 1.00 bits per heavy atom. The standard InChI is InChI=1S/C22H24N2O6/c25-20(30-19-11-9-18(10-12-19)24(27)28)15-22(13-5-2-6-14-22)23-21(26)29-16-17-7-3-1-4-8-17/h1,3-4,7-12H,2,5-6,13-16H2,(H,23,26). The average molecular weight is 412 g/mol. The summed E-state index contributed by atoms with van der Waals surface area (Å²) in [6.45, 7) is 0.149. The van der Waals surface area contributed by atoms with Gasteiger partial charge in [-0.05, 0) is 30.5 Å². The van der Waals surface area contributed by atoms with Gasteiger partial charge in [-0.2, -0.15) is 0 Å². The quantitative estimate of drug-likeness (QED) is 0.310. The van der Waals surface area contributed by atoms with E-state index >= 15 is 0 Å². The Labute approximate surface area is 174 Å². The summed E-state index contributed by atoms with van der Waals surface area (Å²) in [5.41, 5.74) is 0.0773. The largest absolute Gasteiger partial charge is 0.445 e. The molecule has 158 valence electrons. The molecule has 0 unspecified atom stereocenters. The lowest BCUT2D eigenvalue weighted by molar-refractivity contribution is -0.384. The predicted molar refractivity (Wildman–Crippen MR) is 109 cm³/mol. The molecule has 1 N–H and O–H groups in total. The Hall–Kier alpha value is -3.42. The number of benzene rings is 2. The lowest BCUT2D eigenvalue weighted by Gasteiger charge is -2.36. The van der Waals surface area contributed by atoms with E-state index in [1.54, 1.807) is 0 Å². The smallest absolute Gasteiger partial charge is 0.407 e. The number of ether oxygens (including phenoxy) is 2. The normalized spacial score (nSPS) is 15.1. The van der Waals surface area contributed by atoms with Crippen LogP contribution in [-0.4, -0.2) is 22.5 Å². The minimum atomic E-state index is -0.718. The third-order valence-electron chi connectivity index (χ3n) is 5.15. The number of hydrogen-bond acceptors (Lipinski definition) is 6. The Morgan fingerprint density at radius 3 is 2.30 bits per heavy atom. The summed E-state index contributed by atoms with van der Waals surface area (Å²) >= 11 is 0. The molecule has 1 saturated carbocycles. The minimum absolute atomic E-state index is 0.00439. The number of nitrogens with zero attached hydrogens (tertiary/aromatic N) is 1. The number of carbonyl (C=O) groups excluding carboxylic acids is 2. The maximum atomic E-state index is 12.5. The maximum Gasteiger partial charge on any atom is 0.407 e. The van der Waals surface area contributed by atoms with Gasteiger partial charge >= 0.3 is 12.1 Å². The zero-order chi connectivity index (χ0) is 21.4. The number of nitrogens with one attached hydrogen (secondary N) is 1. The molecule has 0 aliphatic heterocycles. The minimum Gasteiger partial charge on any atom is -0.445 e. The first-order chi connectivity index (χ1) is 14.5. The molecule has 0 spiro atoms. The third-order valence-corrected chi connectivity index (χ3v) is 5.15. The van der Waals surface area contributed by atoms with Crippen molar-refractivity contribution in [3.8, 4) is 5.75 Å². The van der Waals surface area contributed by atoms with Crippen molar-refractivity contribution < 1.29 is 24.0 Å². The molecular weight excluding hydrogens is 388 g/mol. The van der Waals surface area contributed by atoms with E-state index in [2.05, 4.69) is 5.32 Å². The van der Waals surface area contributed by atoms with Crippen LogP contribution in [0.5, 0.6) is 5.75 Å². The van der Waals surface area contributed by atoms with Gasteiger partial charge in [0.1, 0.15) is 12.4 Å². The molecule has 1 amide bonds. The summed E-state index contributed by atoms with van der Waals surface area (Å²) in [6.07, 6.45) is 3.58. The molecule has 0 bridgehead atoms. The van der Waals surface area contributed by atoms with Gasteiger partial charge in [-0.1, -0.05) is 49.6 Å². The number of amides is 1. The molecule has 1 aliphatic carbocycles. The molecule has 2 aromatic carbocycles. The first-order valence-electron chi connectivity index (χ1n) is 9.90. The van der Waals surface area contributed by atoms with E-state index in [1.807, 2.05) is 30.3 Å². The van der Waals surface area contributed by atoms with Crippen LogP contribution in [0.25, 0.3) is 0 Å². The summed E-state index contributed by atoms with van der Waals surface area (Å²) in [7, 11) is 0. The molecule has 0 atom stereocenters. The van der Waals surface area contributed by atoms with Gasteiger partial charge in [-0.15, -0.1) is 0 Å². The van der Waals surface area contributed by atoms with Gasteiger partial charge in [-0.3, -0.25) is 14.9 Å². The number of esters is 1. The molecule has 0 radical (unpaired) electrons. The fourth-order valence-corrected chi connectivity index (χ4v) is 3.63. The molecule has 0 aromatic heterocycles. The Morgan fingerprint density at radius 2 is 1.67 bits per heavy atom. The molecule has 1 aliphatic rings. The van der Waals surface area contributed by atoms with Crippen molar-refractivity contribution in [1.82, 2.24) is 5.32 Å². The molecule has 30 heavy (non-hydrogen) atoms. The van der Waals surface area contributed by atoms with E-state index in [-0.39, 0.29) is 24.5 Å². The van der Waals surface area contributed by atoms with E-state index in [0.29, 0.717) is 12.8 Å². The van der Waals surface area contributed by atoms with Crippen molar-refractivity contribution in [3.05, 3.63) is 70.3 Å². The number of hydrogen-bond donors (Lipinski definition) is 1. The average Bonchev–Trinajstić information content (AvgIpc) is 2.74. The fraction of sp³-hybridized carbons (Fsp3) is 0.364. The number of alkyl carbamates (subject to hydrolysis) is 1. The number of rotatable bonds is 7. The van der Waals surface area contributed by atoms with Gasteiger partial charge in [0.25, 0.3) is 5.69 Å². The van der Waals surface area contributed by atoms with Crippen LogP contribution in [-0.2, 0) is 16.1 Å². The van der Waals surface area contributed by atoms with E-state index in [1.165, 1.54) is 24.3 Å². The highest BCUT2D eigenvalue weighted by Crippen LogP contribution is 2.32. The lowest BCUT2D eigenvalue weighted by Crippen LogP contribution is -2.51. The van der Waals surface area contributed by atoms with Crippen molar-refractivity contribution in [2.45, 2.75) is 50.7 Å². The Balaban J connectivity index is 1.59. The molecule has 2 aromatic rings. The lowest BCUT2D eigenvalue weighted by atomic mass is 9.79. The maximum absolute atomic E-state index is 12.5. The van der Waals surface area contributed by atoms with E-state index in [0.717, 1.165) is 24.8 Å². The van der Waals surface area contributed by atoms with Crippen LogP contribution in [0.15, 0.2) is 54.6 Å². The second-order valence-electron chi connectivity index (χ2n) is 7.43. The van der Waals surface area contributed by atoms with Gasteiger partial charge in [-0.25, -0.2) is 4.79 Å². The molecule has 0 heterocycles. The Kier molecular flexibility index (Phi) is 7.00. The van der Waals surface area contributed by atoms with Crippen LogP contribution in [0, 0.1) is 10.1 Å². The van der Waals surface area contributed by atoms with Crippen molar-refractivity contribution in [2.24, 2.45) is 0 Å². The highest BCUT2D eigenvalue weighted by atomic mass is 16.6. The van der Waals surface area contributed by atoms with Gasteiger partial charge in [0.2, 0.25) is 0 Å². The zero-order valence-electron chi connectivity index (χ0n) is 16.5. The van der Waals surface area contributed by atoms with Gasteiger partial charge in [0.15, 0.2) is 0 Å². The van der Waals surface area contributed by atoms with Crippen LogP contribution in [0.3, 0.4) is 0 Å². The molecule has 8 nitrogen and oxygen atoms in total. The number of non-ortho nitro benzene ring substituents is 1. The number of nitro groups is 1. The fourth-order valence-electron chi connectivity index (χ4n) is 3.63. The van der Waals surface area contributed by atoms with Crippen LogP contribution >= 0.6 is 0 Å². The molecular formula is C22H24N2O6. The summed E-state index contributed by atoms with van der Waals surface area (Å²) < 4.78 is 10.7. The van der Waals surface area contributed by atoms with Crippen LogP contribution in [0.1, 0.15) is 44.1 Å². The highest BCUT2D eigenvalue weighted by molar-refractivity contribution is 5.76. The van der Waals surface area contributed by atoms with Crippen molar-refractivity contribution in [2.75, 3.05) is 0 Å². The van der Waals surface area contributed by atoms with Crippen molar-refractivity contribution >= 4 is 17.7 Å². The second kappa shape index (κ2) is 9.87. The van der Waals surface area contributed by atoms with Gasteiger partial charge in [0.05, 0.1) is 16.9 Å². The summed E-state index contributed by atoms with van der Waals surface area (Å²) in [5.74, 6) is -0.280. The van der Waals surface area contributed by atoms with Crippen LogP contribution in [0.2, 0.25) is 0 Å². The van der Waals surface area contributed by atoms with Crippen LogP contribution in [0.4, 0.5) is 10.5 Å². The first kappa shape index (κ1) is 21.3. The second-order valence-corrected chi connectivity index (χ2v) is 7.43. The predicted octanol–water partition coefficient (Wildman–Crippen LogP) is 4.52. The number of carbonyl (C=O) groups is 2. The van der Waals surface area contributed by atoms with Crippen molar-refractivity contribution in [3.63, 3.8) is 0 Å². The highest BCUT2D eigenvalue weighted by Gasteiger charge is 2.37. The molecule has 1 fully saturated rings. The van der Waals surface area contributed by atoms with E-state index < -0.39 is 22.5 Å². The molecule has 3 rings (SSSR count). The van der Waals surface area contributed by atoms with E-state index in [9.17, 15) is 19.7 Å². The van der Waals surface area contributed by atoms with E-state index in [4.69, 9.17) is 9.47 Å². The van der Waals surface area contributed by atoms with Crippen LogP contribution < -0.4 is 10.1 Å². The first-order valence-corrected chi connectivity index (χ1v) is 9.90. The SMILES string of the molecule is O=C(CC1(NC(=O)OCc2ccccc2)CCCCC1)Oc1ccc([N+](=O)[O-])cc1. The van der Waals surface area contributed by atoms with Crippen molar-refractivity contribution in [1.29, 1.82) is 0 Å². The zero-order valence-corrected chi connectivity index (χ0v) is 16.5. The summed E-state index contributed by atoms with van der Waals surface area (Å²) in [5, 5.41) is 13.6. The summed E-state index contributed by atoms with van der Waals surface area (Å²) in [4.78, 5) is 35.1. The molecule has 8 heteroatoms.